The molecule has 0 heterocycles. The number of carbonyl (C=O) groups is 3. The van der Waals surface area contributed by atoms with Crippen LogP contribution in [0.5, 0.6) is 0 Å². The summed E-state index contributed by atoms with van der Waals surface area (Å²) >= 11 is 0. The number of imide groups is 1. The van der Waals surface area contributed by atoms with Gasteiger partial charge in [-0.1, -0.05) is 19.4 Å². The van der Waals surface area contributed by atoms with E-state index >= 15 is 0 Å². The number of fused-ring (bicyclic) bond motifs is 5. The highest BCUT2D eigenvalue weighted by atomic mass is 16.2. The second kappa shape index (κ2) is 6.95. The van der Waals surface area contributed by atoms with Crippen molar-refractivity contribution in [2.75, 3.05) is 21.1 Å². The van der Waals surface area contributed by atoms with Gasteiger partial charge in [0.2, 0.25) is 5.91 Å². The summed E-state index contributed by atoms with van der Waals surface area (Å²) in [6, 6.07) is -0.234. The third-order valence-corrected chi connectivity index (χ3v) is 9.26. The van der Waals surface area contributed by atoms with Crippen LogP contribution in [0.2, 0.25) is 0 Å². The second-order valence-electron chi connectivity index (χ2n) is 10.7. The number of allylic oxidation sites excluding steroid dienone is 1. The van der Waals surface area contributed by atoms with E-state index < -0.39 is 0 Å². The molecule has 3 amide bonds. The molecule has 0 spiro atoms. The summed E-state index contributed by atoms with van der Waals surface area (Å²) in [5.41, 5.74) is 1.54. The highest BCUT2D eigenvalue weighted by Crippen LogP contribution is 2.66. The minimum Gasteiger partial charge on any atom is -0.330 e. The molecule has 4 aliphatic carbocycles. The Labute approximate surface area is 174 Å². The van der Waals surface area contributed by atoms with Gasteiger partial charge in [0.15, 0.2) is 5.78 Å². The lowest BCUT2D eigenvalue weighted by Crippen LogP contribution is -2.53. The first-order valence-electron chi connectivity index (χ1n) is 11.3. The molecule has 0 aromatic rings. The highest BCUT2D eigenvalue weighted by Gasteiger charge is 2.60. The molecule has 5 nitrogen and oxygen atoms in total. The molecule has 160 valence electrons. The van der Waals surface area contributed by atoms with Gasteiger partial charge >= 0.3 is 6.03 Å². The predicted molar refractivity (Wildman–Crippen MR) is 112 cm³/mol. The number of hydrogen-bond donors (Lipinski definition) is 0. The number of ketones is 1. The Balaban J connectivity index is 1.58. The van der Waals surface area contributed by atoms with E-state index in [1.165, 1.54) is 15.4 Å². The van der Waals surface area contributed by atoms with Crippen LogP contribution in [0.1, 0.15) is 65.2 Å². The Morgan fingerprint density at radius 3 is 2.38 bits per heavy atom. The van der Waals surface area contributed by atoms with Crippen LogP contribution < -0.4 is 0 Å². The fourth-order valence-corrected chi connectivity index (χ4v) is 7.59. The molecule has 4 aliphatic rings. The summed E-state index contributed by atoms with van der Waals surface area (Å²) in [5.74, 6) is 2.06. The van der Waals surface area contributed by atoms with E-state index in [4.69, 9.17) is 0 Å². The molecule has 0 aliphatic heterocycles. The molecule has 3 fully saturated rings. The topological polar surface area (TPSA) is 57.7 Å². The summed E-state index contributed by atoms with van der Waals surface area (Å²) in [7, 11) is 5.02. The summed E-state index contributed by atoms with van der Waals surface area (Å²) in [6.45, 7) is 4.71. The van der Waals surface area contributed by atoms with Gasteiger partial charge in [0.05, 0.1) is 0 Å². The molecule has 29 heavy (non-hydrogen) atoms. The molecular formula is C24H36N2O3. The van der Waals surface area contributed by atoms with Gasteiger partial charge in [0, 0.05) is 33.5 Å². The minimum atomic E-state index is -0.234. The largest absolute Gasteiger partial charge is 0.330 e. The Bertz CT molecular complexity index is 772. The molecule has 0 aromatic carbocycles. The zero-order chi connectivity index (χ0) is 21.1. The molecule has 0 radical (unpaired) electrons. The maximum atomic E-state index is 13.3. The van der Waals surface area contributed by atoms with Crippen LogP contribution in [0.15, 0.2) is 11.6 Å². The van der Waals surface area contributed by atoms with Gasteiger partial charge in [-0.05, 0) is 79.6 Å². The van der Waals surface area contributed by atoms with Gasteiger partial charge < -0.3 is 4.90 Å². The number of hydrogen-bond acceptors (Lipinski definition) is 3. The van der Waals surface area contributed by atoms with Gasteiger partial charge in [-0.25, -0.2) is 4.79 Å². The van der Waals surface area contributed by atoms with Gasteiger partial charge in [-0.2, -0.15) is 0 Å². The van der Waals surface area contributed by atoms with E-state index in [1.807, 2.05) is 6.08 Å². The second-order valence-corrected chi connectivity index (χ2v) is 10.7. The normalized spacial score (nSPS) is 41.0. The maximum Gasteiger partial charge on any atom is 0.325 e. The van der Waals surface area contributed by atoms with Crippen molar-refractivity contribution in [2.24, 2.45) is 34.5 Å². The van der Waals surface area contributed by atoms with Gasteiger partial charge in [0.1, 0.15) is 0 Å². The predicted octanol–water partition coefficient (Wildman–Crippen LogP) is 4.27. The summed E-state index contributed by atoms with van der Waals surface area (Å²) in [4.78, 5) is 40.4. The third-order valence-electron chi connectivity index (χ3n) is 9.26. The average molecular weight is 401 g/mol. The van der Waals surface area contributed by atoms with Crippen LogP contribution in [0.3, 0.4) is 0 Å². The van der Waals surface area contributed by atoms with Gasteiger partial charge in [0.25, 0.3) is 0 Å². The first-order valence-corrected chi connectivity index (χ1v) is 11.3. The van der Waals surface area contributed by atoms with Crippen LogP contribution >= 0.6 is 0 Å². The lowest BCUT2D eigenvalue weighted by Gasteiger charge is -2.58. The van der Waals surface area contributed by atoms with Crippen LogP contribution in [-0.4, -0.2) is 48.7 Å². The Morgan fingerprint density at radius 2 is 1.69 bits per heavy atom. The molecule has 0 aromatic heterocycles. The van der Waals surface area contributed by atoms with Crippen molar-refractivity contribution in [1.82, 2.24) is 9.80 Å². The zero-order valence-corrected chi connectivity index (χ0v) is 18.7. The Morgan fingerprint density at radius 1 is 0.966 bits per heavy atom. The first-order chi connectivity index (χ1) is 13.6. The van der Waals surface area contributed by atoms with Crippen molar-refractivity contribution in [2.45, 2.75) is 65.2 Å². The first kappa shape index (κ1) is 20.6. The average Bonchev–Trinajstić information content (AvgIpc) is 3.03. The molecule has 0 N–H and O–H groups in total. The zero-order valence-electron chi connectivity index (χ0n) is 18.7. The van der Waals surface area contributed by atoms with Crippen molar-refractivity contribution in [1.29, 1.82) is 0 Å². The van der Waals surface area contributed by atoms with Crippen LogP contribution in [-0.2, 0) is 9.59 Å². The van der Waals surface area contributed by atoms with E-state index in [0.29, 0.717) is 30.0 Å². The van der Waals surface area contributed by atoms with E-state index in [-0.39, 0.29) is 28.7 Å². The summed E-state index contributed by atoms with van der Waals surface area (Å²) in [5, 5.41) is 0. The van der Waals surface area contributed by atoms with E-state index in [0.717, 1.165) is 44.9 Å². The fraction of sp³-hybridized carbons (Fsp3) is 0.792. The summed E-state index contributed by atoms with van der Waals surface area (Å²) < 4.78 is 0. The van der Waals surface area contributed by atoms with Crippen molar-refractivity contribution >= 4 is 17.7 Å². The minimum absolute atomic E-state index is 0.00183. The Kier molecular flexibility index (Phi) is 4.94. The van der Waals surface area contributed by atoms with Crippen molar-refractivity contribution in [3.8, 4) is 0 Å². The molecule has 6 atom stereocenters. The standard InChI is InChI=1S/C24H36N2O3/c1-23-12-10-16(27)14-15(23)6-7-17-18-8-9-20(24(18,2)13-11-19(17)23)21(28)26(5)22(29)25(3)4/h14,17-20H,6-13H2,1-5H3/t17-,18-,19-,20+,23-,24-/m0/s1. The lowest BCUT2D eigenvalue weighted by molar-refractivity contribution is -0.139. The molecule has 0 saturated heterocycles. The van der Waals surface area contributed by atoms with Gasteiger partial charge in [-0.3, -0.25) is 14.5 Å². The maximum absolute atomic E-state index is 13.3. The number of urea groups is 1. The number of nitrogens with zero attached hydrogens (tertiary/aromatic N) is 2. The monoisotopic (exact) mass is 400 g/mol. The van der Waals surface area contributed by atoms with Crippen molar-refractivity contribution < 1.29 is 14.4 Å². The molecule has 0 unspecified atom stereocenters. The Hall–Kier alpha value is -1.65. The van der Waals surface area contributed by atoms with Crippen LogP contribution in [0.4, 0.5) is 4.79 Å². The summed E-state index contributed by atoms with van der Waals surface area (Å²) in [6.07, 6.45) is 9.98. The van der Waals surface area contributed by atoms with Crippen molar-refractivity contribution in [3.63, 3.8) is 0 Å². The third kappa shape index (κ3) is 2.98. The van der Waals surface area contributed by atoms with E-state index in [9.17, 15) is 14.4 Å². The highest BCUT2D eigenvalue weighted by molar-refractivity contribution is 5.95. The SMILES string of the molecule is CN(C)C(=O)N(C)C(=O)[C@H]1CC[C@H]2[C@@H]3CCC4=CC(=O)CC[C@]4(C)[C@H]3CC[C@]12C. The fourth-order valence-electron chi connectivity index (χ4n) is 7.59. The number of rotatable bonds is 1. The smallest absolute Gasteiger partial charge is 0.325 e. The molecule has 4 rings (SSSR count). The van der Waals surface area contributed by atoms with E-state index in [1.54, 1.807) is 21.1 Å². The van der Waals surface area contributed by atoms with Crippen molar-refractivity contribution in [3.05, 3.63) is 11.6 Å². The molecule has 0 bridgehead atoms. The molecule has 5 heteroatoms. The lowest BCUT2D eigenvalue weighted by atomic mass is 9.47. The van der Waals surface area contributed by atoms with Crippen LogP contribution in [0.25, 0.3) is 0 Å². The number of carbonyl (C=O) groups excluding carboxylic acids is 3. The quantitative estimate of drug-likeness (QED) is 0.660. The molecule has 3 saturated carbocycles. The van der Waals surface area contributed by atoms with Crippen LogP contribution in [0, 0.1) is 34.5 Å². The van der Waals surface area contributed by atoms with E-state index in [2.05, 4.69) is 13.8 Å². The molecular weight excluding hydrogens is 364 g/mol. The number of amides is 3. The van der Waals surface area contributed by atoms with Gasteiger partial charge in [-0.15, -0.1) is 0 Å².